The fourth-order valence-electron chi connectivity index (χ4n) is 11.9. The lowest BCUT2D eigenvalue weighted by Gasteiger charge is -2.47. The first-order valence-corrected chi connectivity index (χ1v) is 28.4. The molecule has 450 valence electrons. The molecule has 0 unspecified atom stereocenters. The van der Waals surface area contributed by atoms with E-state index in [0.29, 0.717) is 38.2 Å². The molecule has 20 nitrogen and oxygen atoms in total. The molecule has 3 saturated heterocycles. The quantitative estimate of drug-likeness (QED) is 0.0911. The number of aromatic nitrogens is 3. The number of ether oxygens (including phenoxy) is 7. The van der Waals surface area contributed by atoms with Crippen LogP contribution in [0.15, 0.2) is 54.7 Å². The minimum atomic E-state index is -1.85. The zero-order chi connectivity index (χ0) is 59.0. The Balaban J connectivity index is 1.21. The van der Waals surface area contributed by atoms with Crippen LogP contribution < -0.4 is 5.32 Å². The number of carbonyl (C=O) groups is 2. The van der Waals surface area contributed by atoms with Crippen LogP contribution in [0.3, 0.4) is 0 Å². The first-order chi connectivity index (χ1) is 37.7. The van der Waals surface area contributed by atoms with Gasteiger partial charge in [-0.3, -0.25) is 9.59 Å². The molecule has 1 aromatic heterocycles. The van der Waals surface area contributed by atoms with Gasteiger partial charge in [0, 0.05) is 78.3 Å². The van der Waals surface area contributed by atoms with Crippen molar-refractivity contribution in [1.82, 2.24) is 30.1 Å². The second kappa shape index (κ2) is 28.0. The third-order valence-corrected chi connectivity index (χ3v) is 17.2. The van der Waals surface area contributed by atoms with Crippen molar-refractivity contribution >= 4 is 11.9 Å². The lowest BCUT2D eigenvalue weighted by atomic mass is 9.83. The van der Waals surface area contributed by atoms with Crippen LogP contribution in [0, 0.1) is 11.8 Å². The number of halogens is 1. The van der Waals surface area contributed by atoms with E-state index in [-0.39, 0.29) is 37.5 Å². The van der Waals surface area contributed by atoms with Crippen LogP contribution >= 0.6 is 0 Å². The van der Waals surface area contributed by atoms with Crippen molar-refractivity contribution in [3.8, 4) is 11.1 Å². The van der Waals surface area contributed by atoms with Crippen molar-refractivity contribution in [1.29, 1.82) is 0 Å². The van der Waals surface area contributed by atoms with Gasteiger partial charge in [0.2, 0.25) is 5.91 Å². The van der Waals surface area contributed by atoms with Gasteiger partial charge in [0.15, 0.2) is 12.6 Å². The van der Waals surface area contributed by atoms with Crippen LogP contribution in [-0.2, 0) is 55.7 Å². The van der Waals surface area contributed by atoms with Crippen LogP contribution in [0.1, 0.15) is 130 Å². The zero-order valence-corrected chi connectivity index (χ0v) is 49.5. The number of nitrogens with one attached hydrogen (secondary N) is 1. The number of hydrogen-bond acceptors (Lipinski definition) is 18. The van der Waals surface area contributed by atoms with Gasteiger partial charge >= 0.3 is 5.97 Å². The number of aliphatic hydroxyl groups excluding tert-OH is 3. The molecule has 0 aliphatic carbocycles. The summed E-state index contributed by atoms with van der Waals surface area (Å²) in [6.45, 7) is 17.5. The van der Waals surface area contributed by atoms with Crippen molar-refractivity contribution in [2.75, 3.05) is 48.1 Å². The molecular weight excluding hydrogens is 1040 g/mol. The maximum Gasteiger partial charge on any atom is 0.311 e. The summed E-state index contributed by atoms with van der Waals surface area (Å²) in [6.07, 6.45) is -8.13. The van der Waals surface area contributed by atoms with E-state index >= 15 is 4.39 Å². The van der Waals surface area contributed by atoms with E-state index in [1.54, 1.807) is 47.7 Å². The number of benzene rings is 2. The topological polar surface area (TPSA) is 249 Å². The number of amides is 1. The van der Waals surface area contributed by atoms with Crippen molar-refractivity contribution in [3.05, 3.63) is 71.5 Å². The van der Waals surface area contributed by atoms with Crippen LogP contribution in [0.5, 0.6) is 0 Å². The number of likely N-dealkylation sites (N-methyl/N-ethyl adjacent to an activating group) is 2. The lowest BCUT2D eigenvalue weighted by Crippen LogP contribution is -2.59. The average molecular weight is 1130 g/mol. The Hall–Kier alpha value is -4.07. The summed E-state index contributed by atoms with van der Waals surface area (Å²) in [7, 11) is 6.73. The van der Waals surface area contributed by atoms with E-state index in [4.69, 9.17) is 33.2 Å². The predicted molar refractivity (Wildman–Crippen MR) is 296 cm³/mol. The highest BCUT2D eigenvalue weighted by Crippen LogP contribution is 2.39. The van der Waals surface area contributed by atoms with Crippen LogP contribution in [0.25, 0.3) is 11.1 Å². The van der Waals surface area contributed by atoms with Crippen molar-refractivity contribution < 1.29 is 72.7 Å². The van der Waals surface area contributed by atoms with E-state index in [1.165, 1.54) is 32.7 Å². The highest BCUT2D eigenvalue weighted by Gasteiger charge is 2.51. The Morgan fingerprint density at radius 1 is 0.963 bits per heavy atom. The molecule has 3 aromatic rings. The third kappa shape index (κ3) is 15.8. The van der Waals surface area contributed by atoms with Gasteiger partial charge in [0.25, 0.3) is 0 Å². The standard InChI is InChI=1S/C59H93FN6O14/c1-15-48-59(10,73)53(69)37(5)65(12)32-34(2)28-57(8,72)49(27-47(36(4)55(71)79-48)78-50-29-58(9,75-14)54(70)38(6)77-50)80-56-51(68)45(25-35(3)76-56)64(11)24-23-44-33-66(63-62-44)46(30-60)52(74-13)42-21-19-41(20-22-42)43-18-16-17-40(26-43)31-61-39(7)67/h16-22,26,33-38,45-54,56,68-70,72-73H,15,23-25,27-32H2,1-14H3,(H,61,67)/t34-,35-,36-,37-,38+,45+,46-,47+,48-,49-,50+,51-,52-,53-,54+,56+,57-,58-,59-/m1/s1. The summed E-state index contributed by atoms with van der Waals surface area (Å²) < 4.78 is 60.4. The molecule has 0 radical (unpaired) electrons. The normalized spacial score (nSPS) is 36.1. The lowest BCUT2D eigenvalue weighted by molar-refractivity contribution is -0.308. The molecule has 1 amide bonds. The molecule has 6 N–H and O–H groups in total. The number of rotatable bonds is 18. The van der Waals surface area contributed by atoms with E-state index in [1.807, 2.05) is 86.3 Å². The fourth-order valence-corrected chi connectivity index (χ4v) is 11.9. The third-order valence-electron chi connectivity index (χ3n) is 17.2. The highest BCUT2D eigenvalue weighted by molar-refractivity contribution is 5.73. The molecule has 4 heterocycles. The van der Waals surface area contributed by atoms with Gasteiger partial charge in [-0.1, -0.05) is 61.5 Å². The summed E-state index contributed by atoms with van der Waals surface area (Å²) in [5.41, 5.74) is -0.338. The van der Waals surface area contributed by atoms with Crippen molar-refractivity contribution in [2.24, 2.45) is 11.8 Å². The van der Waals surface area contributed by atoms with Crippen LogP contribution in [-0.4, -0.2) is 201 Å². The first-order valence-electron chi connectivity index (χ1n) is 28.4. The van der Waals surface area contributed by atoms with E-state index < -0.39 is 121 Å². The first kappa shape index (κ1) is 65.1. The number of alkyl halides is 1. The zero-order valence-electron chi connectivity index (χ0n) is 49.5. The Morgan fingerprint density at radius 3 is 2.30 bits per heavy atom. The summed E-state index contributed by atoms with van der Waals surface area (Å²) in [6, 6.07) is 13.7. The Labute approximate surface area is 472 Å². The maximum absolute atomic E-state index is 15.1. The number of methoxy groups -OCH3 is 2. The van der Waals surface area contributed by atoms with Gasteiger partial charge in [-0.05, 0) is 116 Å². The molecule has 19 atom stereocenters. The molecule has 3 aliphatic rings. The summed E-state index contributed by atoms with van der Waals surface area (Å²) in [5.74, 6) is -2.13. The van der Waals surface area contributed by atoms with Gasteiger partial charge < -0.3 is 73.8 Å². The number of nitrogens with zero attached hydrogens (tertiary/aromatic N) is 5. The van der Waals surface area contributed by atoms with E-state index in [0.717, 1.165) is 22.3 Å². The van der Waals surface area contributed by atoms with Crippen molar-refractivity contribution in [3.63, 3.8) is 0 Å². The Bertz CT molecular complexity index is 2430. The monoisotopic (exact) mass is 1130 g/mol. The molecule has 0 bridgehead atoms. The van der Waals surface area contributed by atoms with Crippen LogP contribution in [0.2, 0.25) is 0 Å². The second-order valence-electron chi connectivity index (χ2n) is 23.8. The molecule has 0 spiro atoms. The Kier molecular flexibility index (Phi) is 22.8. The van der Waals surface area contributed by atoms with Gasteiger partial charge in [-0.25, -0.2) is 9.07 Å². The van der Waals surface area contributed by atoms with Gasteiger partial charge in [0.1, 0.15) is 48.8 Å². The number of carbonyl (C=O) groups excluding carboxylic acids is 2. The minimum absolute atomic E-state index is 0.0844. The predicted octanol–water partition coefficient (Wildman–Crippen LogP) is 5.06. The summed E-state index contributed by atoms with van der Waals surface area (Å²) in [5, 5.41) is 71.2. The maximum atomic E-state index is 15.1. The van der Waals surface area contributed by atoms with Gasteiger partial charge in [-0.2, -0.15) is 0 Å². The SMILES string of the molecule is CC[C@H]1OC(=O)[C@H](C)[C@@H](O[C@H]2C[C@@](C)(OC)[C@@H](O)[C@H](C)O2)C[C@@H](O[C@@H]2O[C@H](C)C[C@H](N(C)CCc3cn([C@H](CF)[C@H](OC)c4ccc(-c5cccc(CNC(C)=O)c5)cc4)nn3)[C@H]2O)[C@](C)(O)C[C@@H](C)CN(C)[C@H](C)[C@@H](O)[C@]1(C)O. The number of aliphatic hydroxyl groups is 5. The largest absolute Gasteiger partial charge is 0.459 e. The van der Waals surface area contributed by atoms with Gasteiger partial charge in [-0.15, -0.1) is 5.10 Å². The number of hydrogen-bond donors (Lipinski definition) is 6. The number of cyclic esters (lactones) is 1. The molecular formula is C59H93FN6O14. The minimum Gasteiger partial charge on any atom is -0.459 e. The molecule has 0 saturated carbocycles. The Morgan fingerprint density at radius 2 is 1.66 bits per heavy atom. The van der Waals surface area contributed by atoms with Crippen molar-refractivity contribution in [2.45, 2.75) is 217 Å². The van der Waals surface area contributed by atoms with Gasteiger partial charge in [0.05, 0.1) is 47.2 Å². The molecule has 2 aromatic carbocycles. The molecule has 21 heteroatoms. The molecule has 3 aliphatic heterocycles. The van der Waals surface area contributed by atoms with Crippen LogP contribution in [0.4, 0.5) is 4.39 Å². The molecule has 3 fully saturated rings. The average Bonchev–Trinajstić information content (AvgIpc) is 3.90. The second-order valence-corrected chi connectivity index (χ2v) is 23.8. The smallest absolute Gasteiger partial charge is 0.311 e. The summed E-state index contributed by atoms with van der Waals surface area (Å²) >= 11 is 0. The highest BCUT2D eigenvalue weighted by atomic mass is 19.1. The van der Waals surface area contributed by atoms with E-state index in [2.05, 4.69) is 15.6 Å². The fraction of sp³-hybridized carbons (Fsp3) is 0.729. The molecule has 6 rings (SSSR count). The van der Waals surface area contributed by atoms with E-state index in [9.17, 15) is 35.1 Å². The summed E-state index contributed by atoms with van der Waals surface area (Å²) in [4.78, 5) is 29.8. The molecule has 80 heavy (non-hydrogen) atoms. The number of esters is 1.